The van der Waals surface area contributed by atoms with Crippen LogP contribution in [0, 0.1) is 5.92 Å². The van der Waals surface area contributed by atoms with Gasteiger partial charge in [-0.1, -0.05) is 0 Å². The number of hydrogen-bond acceptors (Lipinski definition) is 6. The molecule has 0 saturated heterocycles. The third-order valence-corrected chi connectivity index (χ3v) is 4.98. The number of fused-ring (bicyclic) bond motifs is 1. The number of nitrogens with one attached hydrogen (secondary N) is 4. The number of hydrogen-bond donors (Lipinski definition) is 4. The van der Waals surface area contributed by atoms with Crippen LogP contribution in [0.15, 0.2) is 15.8 Å². The molecule has 138 valence electrons. The Labute approximate surface area is 150 Å². The predicted octanol–water partition coefficient (Wildman–Crippen LogP) is 0.148. The standard InChI is InChI=1S/C18H24N6O2/c25-17-12(10-21-18(26)24-17)3-8-20-16-13-4-6-19-7-5-14(13)22-15(23-16)9-11-1-2-11/h10-11,19H,1-9H2,(H,20,22,23)(H2,21,24,25,26). The molecule has 0 amide bonds. The van der Waals surface area contributed by atoms with Crippen LogP contribution in [0.5, 0.6) is 0 Å². The van der Waals surface area contributed by atoms with Crippen LogP contribution < -0.4 is 21.9 Å². The lowest BCUT2D eigenvalue weighted by Gasteiger charge is -2.14. The van der Waals surface area contributed by atoms with Crippen molar-refractivity contribution >= 4 is 5.82 Å². The van der Waals surface area contributed by atoms with Crippen LogP contribution in [0.2, 0.25) is 0 Å². The summed E-state index contributed by atoms with van der Waals surface area (Å²) >= 11 is 0. The highest BCUT2D eigenvalue weighted by molar-refractivity contribution is 5.48. The van der Waals surface area contributed by atoms with Crippen molar-refractivity contribution in [3.05, 3.63) is 49.7 Å². The summed E-state index contributed by atoms with van der Waals surface area (Å²) in [6.07, 6.45) is 7.33. The minimum atomic E-state index is -0.481. The number of nitrogens with zero attached hydrogens (tertiary/aromatic N) is 2. The van der Waals surface area contributed by atoms with Gasteiger partial charge in [0.25, 0.3) is 5.56 Å². The van der Waals surface area contributed by atoms with Crippen LogP contribution in [-0.2, 0) is 25.7 Å². The number of aromatic nitrogens is 4. The van der Waals surface area contributed by atoms with Crippen molar-refractivity contribution in [1.29, 1.82) is 0 Å². The third-order valence-electron chi connectivity index (χ3n) is 4.98. The average Bonchev–Trinajstić information content (AvgIpc) is 3.43. The molecule has 1 aliphatic heterocycles. The highest BCUT2D eigenvalue weighted by atomic mass is 16.2. The van der Waals surface area contributed by atoms with Gasteiger partial charge in [-0.05, 0) is 38.1 Å². The van der Waals surface area contributed by atoms with Gasteiger partial charge in [-0.2, -0.15) is 0 Å². The fraction of sp³-hybridized carbons (Fsp3) is 0.556. The number of anilines is 1. The Hall–Kier alpha value is -2.48. The van der Waals surface area contributed by atoms with Crippen molar-refractivity contribution in [2.75, 3.05) is 25.0 Å². The smallest absolute Gasteiger partial charge is 0.325 e. The zero-order valence-corrected chi connectivity index (χ0v) is 14.7. The molecule has 1 saturated carbocycles. The highest BCUT2D eigenvalue weighted by Crippen LogP contribution is 2.32. The monoisotopic (exact) mass is 356 g/mol. The molecule has 26 heavy (non-hydrogen) atoms. The summed E-state index contributed by atoms with van der Waals surface area (Å²) in [4.78, 5) is 37.3. The van der Waals surface area contributed by atoms with Crippen molar-refractivity contribution in [3.8, 4) is 0 Å². The minimum Gasteiger partial charge on any atom is -0.369 e. The Morgan fingerprint density at radius 1 is 1.15 bits per heavy atom. The van der Waals surface area contributed by atoms with E-state index in [4.69, 9.17) is 9.97 Å². The Morgan fingerprint density at radius 2 is 2.00 bits per heavy atom. The van der Waals surface area contributed by atoms with Gasteiger partial charge >= 0.3 is 5.69 Å². The maximum absolute atomic E-state index is 11.8. The van der Waals surface area contributed by atoms with E-state index in [2.05, 4.69) is 20.6 Å². The van der Waals surface area contributed by atoms with Gasteiger partial charge in [0.1, 0.15) is 11.6 Å². The van der Waals surface area contributed by atoms with E-state index in [1.54, 1.807) is 0 Å². The topological polar surface area (TPSA) is 116 Å². The van der Waals surface area contributed by atoms with Crippen molar-refractivity contribution < 1.29 is 0 Å². The molecule has 4 rings (SSSR count). The first-order valence-corrected chi connectivity index (χ1v) is 9.33. The van der Waals surface area contributed by atoms with E-state index < -0.39 is 5.69 Å². The van der Waals surface area contributed by atoms with Crippen LogP contribution in [0.4, 0.5) is 5.82 Å². The second kappa shape index (κ2) is 7.41. The van der Waals surface area contributed by atoms with E-state index in [1.165, 1.54) is 24.6 Å². The summed E-state index contributed by atoms with van der Waals surface area (Å²) in [5.74, 6) is 2.57. The number of rotatable bonds is 6. The number of aromatic amines is 2. The Kier molecular flexibility index (Phi) is 4.83. The lowest BCUT2D eigenvalue weighted by molar-refractivity contribution is 0.706. The second-order valence-electron chi connectivity index (χ2n) is 7.09. The predicted molar refractivity (Wildman–Crippen MR) is 98.6 cm³/mol. The first-order chi connectivity index (χ1) is 12.7. The minimum absolute atomic E-state index is 0.337. The van der Waals surface area contributed by atoms with Crippen LogP contribution in [0.3, 0.4) is 0 Å². The lowest BCUT2D eigenvalue weighted by Crippen LogP contribution is -2.26. The van der Waals surface area contributed by atoms with Gasteiger partial charge in [0.2, 0.25) is 0 Å². The van der Waals surface area contributed by atoms with Gasteiger partial charge in [-0.25, -0.2) is 14.8 Å². The van der Waals surface area contributed by atoms with Crippen molar-refractivity contribution in [3.63, 3.8) is 0 Å². The van der Waals surface area contributed by atoms with E-state index in [0.717, 1.165) is 55.6 Å². The third kappa shape index (κ3) is 4.01. The molecule has 4 N–H and O–H groups in total. The maximum atomic E-state index is 11.8. The highest BCUT2D eigenvalue weighted by Gasteiger charge is 2.24. The number of H-pyrrole nitrogens is 2. The summed E-state index contributed by atoms with van der Waals surface area (Å²) < 4.78 is 0. The molecule has 2 aromatic rings. The van der Waals surface area contributed by atoms with Crippen LogP contribution in [0.1, 0.15) is 35.5 Å². The second-order valence-corrected chi connectivity index (χ2v) is 7.09. The van der Waals surface area contributed by atoms with E-state index in [9.17, 15) is 9.59 Å². The van der Waals surface area contributed by atoms with Gasteiger partial charge in [-0.3, -0.25) is 9.78 Å². The van der Waals surface area contributed by atoms with Gasteiger partial charge in [0.15, 0.2) is 0 Å². The van der Waals surface area contributed by atoms with Crippen molar-refractivity contribution in [2.45, 2.75) is 38.5 Å². The molecule has 1 fully saturated rings. The Bertz CT molecular complexity index is 899. The molecule has 2 aliphatic rings. The summed E-state index contributed by atoms with van der Waals surface area (Å²) in [6.45, 7) is 2.44. The van der Waals surface area contributed by atoms with Crippen LogP contribution in [0.25, 0.3) is 0 Å². The molecule has 2 aromatic heterocycles. The largest absolute Gasteiger partial charge is 0.369 e. The molecule has 0 spiro atoms. The first kappa shape index (κ1) is 17.0. The van der Waals surface area contributed by atoms with E-state index in [-0.39, 0.29) is 5.56 Å². The molecule has 0 radical (unpaired) electrons. The molecular weight excluding hydrogens is 332 g/mol. The van der Waals surface area contributed by atoms with E-state index in [0.29, 0.717) is 18.5 Å². The van der Waals surface area contributed by atoms with Gasteiger partial charge in [0, 0.05) is 43.3 Å². The normalized spacial score (nSPS) is 16.8. The van der Waals surface area contributed by atoms with E-state index in [1.807, 2.05) is 0 Å². The molecule has 0 unspecified atom stereocenters. The summed E-state index contributed by atoms with van der Waals surface area (Å²) in [5.41, 5.74) is 2.06. The first-order valence-electron chi connectivity index (χ1n) is 9.33. The van der Waals surface area contributed by atoms with Crippen LogP contribution in [-0.4, -0.2) is 39.6 Å². The van der Waals surface area contributed by atoms with Crippen LogP contribution >= 0.6 is 0 Å². The lowest BCUT2D eigenvalue weighted by atomic mass is 10.1. The van der Waals surface area contributed by atoms with Crippen molar-refractivity contribution in [2.24, 2.45) is 5.92 Å². The van der Waals surface area contributed by atoms with Gasteiger partial charge in [0.05, 0.1) is 5.69 Å². The molecule has 8 heteroatoms. The summed E-state index contributed by atoms with van der Waals surface area (Å²) in [7, 11) is 0. The average molecular weight is 356 g/mol. The zero-order valence-electron chi connectivity index (χ0n) is 14.7. The Balaban J connectivity index is 1.51. The molecular formula is C18H24N6O2. The fourth-order valence-electron chi connectivity index (χ4n) is 3.35. The molecule has 3 heterocycles. The van der Waals surface area contributed by atoms with Gasteiger partial charge in [-0.15, -0.1) is 0 Å². The van der Waals surface area contributed by atoms with Gasteiger partial charge < -0.3 is 15.6 Å². The fourth-order valence-corrected chi connectivity index (χ4v) is 3.35. The summed E-state index contributed by atoms with van der Waals surface area (Å²) in [6, 6.07) is 0. The molecule has 0 atom stereocenters. The molecule has 0 bridgehead atoms. The van der Waals surface area contributed by atoms with Crippen molar-refractivity contribution in [1.82, 2.24) is 25.3 Å². The Morgan fingerprint density at radius 3 is 2.81 bits per heavy atom. The molecule has 8 nitrogen and oxygen atoms in total. The SMILES string of the molecule is O=c1[nH]cc(CCNc2nc(CC3CC3)nc3c2CCNCC3)c(=O)[nH]1. The quantitative estimate of drug-likeness (QED) is 0.586. The van der Waals surface area contributed by atoms with E-state index >= 15 is 0 Å². The molecule has 1 aliphatic carbocycles. The molecule has 0 aromatic carbocycles. The summed E-state index contributed by atoms with van der Waals surface area (Å²) in [5, 5.41) is 6.82. The maximum Gasteiger partial charge on any atom is 0.325 e. The zero-order chi connectivity index (χ0) is 17.9.